The van der Waals surface area contributed by atoms with Gasteiger partial charge in [-0.2, -0.15) is 5.26 Å². The van der Waals surface area contributed by atoms with Gasteiger partial charge in [-0.3, -0.25) is 14.4 Å². The summed E-state index contributed by atoms with van der Waals surface area (Å²) < 4.78 is 33.1. The number of nitriles is 1. The van der Waals surface area contributed by atoms with E-state index in [9.17, 15) is 15.2 Å². The average molecular weight is 796 g/mol. The van der Waals surface area contributed by atoms with E-state index in [1.807, 2.05) is 52.8 Å². The number of allylic oxidation sites excluding steroid dienone is 4. The van der Waals surface area contributed by atoms with Gasteiger partial charge in [0.1, 0.15) is 35.0 Å². The van der Waals surface area contributed by atoms with E-state index in [1.165, 1.54) is 12.7 Å². The molecule has 0 amide bonds. The number of aliphatic hydroxyl groups is 1. The van der Waals surface area contributed by atoms with E-state index in [4.69, 9.17) is 30.3 Å². The molecule has 1 aromatic carbocycles. The van der Waals surface area contributed by atoms with E-state index in [0.717, 1.165) is 12.0 Å². The lowest BCUT2D eigenvalue weighted by Crippen LogP contribution is -2.79. The summed E-state index contributed by atoms with van der Waals surface area (Å²) in [6.07, 6.45) is 11.7. The van der Waals surface area contributed by atoms with Crippen LogP contribution in [0.5, 0.6) is 17.2 Å². The van der Waals surface area contributed by atoms with Crippen LogP contribution < -0.4 is 19.5 Å². The van der Waals surface area contributed by atoms with Gasteiger partial charge in [0.15, 0.2) is 28.8 Å². The molecule has 6 aliphatic rings. The highest BCUT2D eigenvalue weighted by molar-refractivity contribution is 6.10. The first-order chi connectivity index (χ1) is 27.5. The molecule has 1 aromatic rings. The first-order valence-electron chi connectivity index (χ1n) is 20.3. The Labute approximate surface area is 342 Å². The predicted octanol–water partition coefficient (Wildman–Crippen LogP) is 6.70. The van der Waals surface area contributed by atoms with E-state index in [2.05, 4.69) is 36.2 Å². The lowest BCUT2D eigenvalue weighted by Gasteiger charge is -2.62. The minimum atomic E-state index is -1.76. The average Bonchev–Trinajstić information content (AvgIpc) is 3.31. The van der Waals surface area contributed by atoms with Crippen molar-refractivity contribution >= 4 is 23.6 Å². The topological polar surface area (TPSA) is 158 Å². The molecule has 3 aliphatic heterocycles. The molecule has 8 unspecified atom stereocenters. The highest BCUT2D eigenvalue weighted by atomic mass is 16.6. The van der Waals surface area contributed by atoms with Crippen LogP contribution in [0.4, 0.5) is 0 Å². The highest BCUT2D eigenvalue weighted by Crippen LogP contribution is 2.72. The molecule has 1 saturated heterocycles. The highest BCUT2D eigenvalue weighted by Gasteiger charge is 2.86. The lowest BCUT2D eigenvalue weighted by molar-refractivity contribution is -0.211. The van der Waals surface area contributed by atoms with E-state index < -0.39 is 58.1 Å². The molecule has 0 radical (unpaired) electrons. The molecular weight excluding hydrogens is 739 g/mol. The Balaban J connectivity index is 1.67. The van der Waals surface area contributed by atoms with Gasteiger partial charge in [0.05, 0.1) is 36.7 Å². The first-order valence-corrected chi connectivity index (χ1v) is 20.3. The molecule has 3 aliphatic carbocycles. The van der Waals surface area contributed by atoms with E-state index in [0.29, 0.717) is 42.8 Å². The number of carbonyl (C=O) groups excluding carboxylic acids is 3. The number of Topliss-reactive ketones (excluding diaryl/α,β-unsaturated/α-hetero) is 2. The Bertz CT molecular complexity index is 2060. The number of ether oxygens (including phenoxy) is 5. The number of carbonyl (C=O) groups is 3. The molecule has 7 rings (SSSR count). The number of esters is 1. The Morgan fingerprint density at radius 3 is 2.47 bits per heavy atom. The maximum Gasteiger partial charge on any atom is 0.333 e. The third-order valence-electron chi connectivity index (χ3n) is 12.8. The zero-order chi connectivity index (χ0) is 42.4. The molecule has 8 atom stereocenters. The smallest absolute Gasteiger partial charge is 0.333 e. The number of hydrogen-bond acceptors (Lipinski definition) is 11. The molecule has 3 heterocycles. The van der Waals surface area contributed by atoms with Gasteiger partial charge in [0.25, 0.3) is 0 Å². The molecular formula is C46H57N3O9. The summed E-state index contributed by atoms with van der Waals surface area (Å²) in [5, 5.41) is 23.0. The summed E-state index contributed by atoms with van der Waals surface area (Å²) >= 11 is 0. The van der Waals surface area contributed by atoms with Crippen molar-refractivity contribution in [3.8, 4) is 23.3 Å². The van der Waals surface area contributed by atoms with Crippen molar-refractivity contribution in [1.82, 2.24) is 5.32 Å². The van der Waals surface area contributed by atoms with Crippen LogP contribution in [-0.2, 0) is 25.5 Å². The van der Waals surface area contributed by atoms with Crippen molar-refractivity contribution in [3.63, 3.8) is 0 Å². The van der Waals surface area contributed by atoms with E-state index in [-0.39, 0.29) is 60.3 Å². The van der Waals surface area contributed by atoms with Crippen molar-refractivity contribution in [2.75, 3.05) is 33.4 Å². The van der Waals surface area contributed by atoms with Gasteiger partial charge in [0.2, 0.25) is 0 Å². The van der Waals surface area contributed by atoms with Crippen LogP contribution >= 0.6 is 0 Å². The number of hydrogen-bond donors (Lipinski definition) is 2. The second-order valence-corrected chi connectivity index (χ2v) is 17.5. The van der Waals surface area contributed by atoms with Crippen LogP contribution in [0.2, 0.25) is 0 Å². The number of methoxy groups -OCH3 is 1. The van der Waals surface area contributed by atoms with Crippen LogP contribution in [0.25, 0.3) is 10.9 Å². The van der Waals surface area contributed by atoms with Gasteiger partial charge in [-0.1, -0.05) is 29.4 Å². The summed E-state index contributed by atoms with van der Waals surface area (Å²) in [5.41, 5.74) is -1.29. The largest absolute Gasteiger partial charge is 0.491 e. The van der Waals surface area contributed by atoms with Crippen LogP contribution in [0, 0.1) is 41.6 Å². The number of benzene rings is 1. The minimum absolute atomic E-state index is 0.0556. The number of nitrogens with zero attached hydrogens (tertiary/aromatic N) is 2. The van der Waals surface area contributed by atoms with Crippen LogP contribution in [0.3, 0.4) is 0 Å². The minimum Gasteiger partial charge on any atom is -0.491 e. The van der Waals surface area contributed by atoms with Crippen LogP contribution in [-0.4, -0.2) is 84.5 Å². The summed E-state index contributed by atoms with van der Waals surface area (Å²) in [6, 6.07) is 0.801. The number of rotatable bonds is 15. The third kappa shape index (κ3) is 6.87. The normalized spacial score (nSPS) is 30.0. The molecule has 2 N–H and O–H groups in total. The number of nitrogens with one attached hydrogen (secondary N) is 1. The fourth-order valence-corrected chi connectivity index (χ4v) is 10.2. The molecule has 3 saturated carbocycles. The lowest BCUT2D eigenvalue weighted by atomic mass is 9.42. The molecule has 12 nitrogen and oxygen atoms in total. The summed E-state index contributed by atoms with van der Waals surface area (Å²) in [4.78, 5) is 47.5. The van der Waals surface area contributed by atoms with Crippen LogP contribution in [0.1, 0.15) is 103 Å². The fourth-order valence-electron chi connectivity index (χ4n) is 10.2. The van der Waals surface area contributed by atoms with Gasteiger partial charge in [0, 0.05) is 42.5 Å². The Kier molecular flexibility index (Phi) is 11.9. The maximum absolute atomic E-state index is 16.0. The standard InChI is InChI=1S/C46H57N3O9/c1-26(2)12-11-17-44(8)18-16-30-38(56-44)29(14-13-27(3)4)40-35(39(30)55-23-21-49-20-22-50)37(51)36-34(32(25-47)48-9)31-24-33-43(6,7)58-45(41(31)52,46(33,36)57-40)19-15-28(5)42(53)54-10/h12-13,15-16,18,31-34,36,49-50H,11,14,17,19-24H2,1-8,10H3/b28-15-. The first kappa shape index (κ1) is 42.8. The van der Waals surface area contributed by atoms with Gasteiger partial charge in [-0.15, -0.1) is 0 Å². The molecule has 12 heteroatoms. The van der Waals surface area contributed by atoms with Gasteiger partial charge < -0.3 is 34.1 Å². The molecule has 310 valence electrons. The van der Waals surface area contributed by atoms with Crippen molar-refractivity contribution in [2.24, 2.45) is 23.7 Å². The molecule has 4 bridgehead atoms. The molecule has 58 heavy (non-hydrogen) atoms. The van der Waals surface area contributed by atoms with E-state index in [1.54, 1.807) is 13.0 Å². The van der Waals surface area contributed by atoms with E-state index >= 15 is 9.59 Å². The van der Waals surface area contributed by atoms with Crippen LogP contribution in [0.15, 0.2) is 41.0 Å². The number of aliphatic hydroxyl groups excluding tert-OH is 1. The Morgan fingerprint density at radius 1 is 1.10 bits per heavy atom. The Morgan fingerprint density at radius 2 is 1.83 bits per heavy atom. The monoisotopic (exact) mass is 795 g/mol. The summed E-state index contributed by atoms with van der Waals surface area (Å²) in [5.74, 6) is -3.84. The van der Waals surface area contributed by atoms with Gasteiger partial charge in [-0.25, -0.2) is 11.4 Å². The number of ketones is 2. The zero-order valence-electron chi connectivity index (χ0n) is 35.2. The summed E-state index contributed by atoms with van der Waals surface area (Å²) in [7, 11) is 1.28. The van der Waals surface area contributed by atoms with Crippen molar-refractivity contribution in [2.45, 2.75) is 116 Å². The fraction of sp³-hybridized carbons (Fsp3) is 0.587. The SMILES string of the molecule is [C-]#[N+]C(C#N)C1C2CC3C(C)(C)OC(C/C=C(/C)C(=O)OC)(C2=O)C32Oc3c(CC=C(C)C)c4c(c(OCCNCCO)c3C(=O)C12)C=CC(C)(CCC=C(C)C)O4. The second kappa shape index (κ2) is 16.1. The van der Waals surface area contributed by atoms with Crippen molar-refractivity contribution < 1.29 is 43.2 Å². The van der Waals surface area contributed by atoms with Crippen molar-refractivity contribution in [1.29, 1.82) is 5.26 Å². The molecule has 0 aromatic heterocycles. The van der Waals surface area contributed by atoms with Gasteiger partial charge in [-0.05, 0) is 93.2 Å². The maximum atomic E-state index is 16.0. The van der Waals surface area contributed by atoms with Gasteiger partial charge >= 0.3 is 12.0 Å². The predicted molar refractivity (Wildman–Crippen MR) is 217 cm³/mol. The van der Waals surface area contributed by atoms with Crippen molar-refractivity contribution in [3.05, 3.63) is 69.1 Å². The third-order valence-corrected chi connectivity index (χ3v) is 12.8. The zero-order valence-corrected chi connectivity index (χ0v) is 35.2. The molecule has 4 fully saturated rings. The number of fused-ring (bicyclic) bond motifs is 2. The Hall–Kier alpha value is -4.75. The quantitative estimate of drug-likeness (QED) is 0.0640. The second-order valence-electron chi connectivity index (χ2n) is 17.5. The summed E-state index contributed by atoms with van der Waals surface area (Å²) in [6.45, 7) is 24.4. The molecule has 1 spiro atoms.